The van der Waals surface area contributed by atoms with Gasteiger partial charge in [-0.1, -0.05) is 25.4 Å². The molecule has 20 heavy (non-hydrogen) atoms. The predicted octanol–water partition coefficient (Wildman–Crippen LogP) is 1.12. The summed E-state index contributed by atoms with van der Waals surface area (Å²) in [5.41, 5.74) is -1.10. The summed E-state index contributed by atoms with van der Waals surface area (Å²) in [6, 6.07) is 0. The molecule has 1 unspecified atom stereocenters. The molecule has 0 saturated carbocycles. The third-order valence-electron chi connectivity index (χ3n) is 3.70. The average Bonchev–Trinajstić information content (AvgIpc) is 2.83. The van der Waals surface area contributed by atoms with Crippen molar-refractivity contribution in [2.45, 2.75) is 38.3 Å². The fraction of sp³-hybridized carbons (Fsp3) is 0.692. The Morgan fingerprint density at radius 2 is 2.20 bits per heavy atom. The minimum atomic E-state index is -0.626. The lowest BCUT2D eigenvalue weighted by atomic mass is 10.0. The lowest BCUT2D eigenvalue weighted by molar-refractivity contribution is -0.0310. The molecule has 112 valence electrons. The Balaban J connectivity index is 2.49. The van der Waals surface area contributed by atoms with E-state index in [0.29, 0.717) is 25.2 Å². The van der Waals surface area contributed by atoms with E-state index in [-0.39, 0.29) is 23.2 Å². The largest absolute Gasteiger partial charge is 0.378 e. The van der Waals surface area contributed by atoms with Crippen LogP contribution in [0.15, 0.2) is 9.59 Å². The Hall–Kier alpha value is -1.11. The number of ether oxygens (including phenoxy) is 2. The molecular formula is C13H19ClN2O4. The van der Waals surface area contributed by atoms with Gasteiger partial charge in [-0.15, -0.1) is 0 Å². The van der Waals surface area contributed by atoms with Crippen molar-refractivity contribution in [3.63, 3.8) is 0 Å². The molecule has 0 bridgehead atoms. The van der Waals surface area contributed by atoms with Crippen LogP contribution in [-0.2, 0) is 16.0 Å². The molecule has 1 N–H and O–H groups in total. The van der Waals surface area contributed by atoms with Crippen molar-refractivity contribution < 1.29 is 9.47 Å². The summed E-state index contributed by atoms with van der Waals surface area (Å²) < 4.78 is 12.0. The quantitative estimate of drug-likeness (QED) is 0.846. The molecule has 0 radical (unpaired) electrons. The molecular weight excluding hydrogens is 284 g/mol. The van der Waals surface area contributed by atoms with Crippen molar-refractivity contribution >= 4 is 11.6 Å². The molecule has 1 aromatic heterocycles. The van der Waals surface area contributed by atoms with E-state index in [4.69, 9.17) is 21.1 Å². The molecule has 7 heteroatoms. The number of hydrogen-bond donors (Lipinski definition) is 1. The summed E-state index contributed by atoms with van der Waals surface area (Å²) in [5.74, 6) is -0.0728. The second kappa shape index (κ2) is 5.71. The molecule has 0 aromatic carbocycles. The van der Waals surface area contributed by atoms with E-state index in [1.165, 1.54) is 0 Å². The first-order valence-electron chi connectivity index (χ1n) is 6.55. The highest BCUT2D eigenvalue weighted by atomic mass is 35.5. The number of methoxy groups -OCH3 is 1. The van der Waals surface area contributed by atoms with Crippen LogP contribution in [0.3, 0.4) is 0 Å². The van der Waals surface area contributed by atoms with Gasteiger partial charge in [-0.3, -0.25) is 14.3 Å². The monoisotopic (exact) mass is 302 g/mol. The van der Waals surface area contributed by atoms with E-state index >= 15 is 0 Å². The van der Waals surface area contributed by atoms with Crippen molar-refractivity contribution in [2.75, 3.05) is 20.3 Å². The lowest BCUT2D eigenvalue weighted by Crippen LogP contribution is -2.47. The van der Waals surface area contributed by atoms with Gasteiger partial charge in [-0.05, 0) is 5.92 Å². The van der Waals surface area contributed by atoms with Crippen LogP contribution in [0.1, 0.15) is 31.7 Å². The third-order valence-corrected chi connectivity index (χ3v) is 4.00. The van der Waals surface area contributed by atoms with E-state index in [1.807, 2.05) is 13.8 Å². The zero-order chi connectivity index (χ0) is 14.9. The predicted molar refractivity (Wildman–Crippen MR) is 75.6 cm³/mol. The molecule has 2 heterocycles. The maximum atomic E-state index is 12.5. The Morgan fingerprint density at radius 3 is 2.70 bits per heavy atom. The molecule has 2 rings (SSSR count). The number of nitrogens with zero attached hydrogens (tertiary/aromatic N) is 1. The third kappa shape index (κ3) is 2.68. The molecule has 1 aliphatic rings. The molecule has 0 aliphatic carbocycles. The van der Waals surface area contributed by atoms with Gasteiger partial charge in [0.25, 0.3) is 5.56 Å². The highest BCUT2D eigenvalue weighted by Crippen LogP contribution is 2.24. The lowest BCUT2D eigenvalue weighted by Gasteiger charge is -2.26. The SMILES string of the molecule is COC1(Cn2c(=O)[nH]c(Cl)c(C(C)C)c2=O)CCOC1. The van der Waals surface area contributed by atoms with E-state index < -0.39 is 11.3 Å². The average molecular weight is 303 g/mol. The Kier molecular flexibility index (Phi) is 4.36. The first-order chi connectivity index (χ1) is 9.40. The van der Waals surface area contributed by atoms with E-state index in [1.54, 1.807) is 7.11 Å². The maximum Gasteiger partial charge on any atom is 0.329 e. The minimum Gasteiger partial charge on any atom is -0.378 e. The van der Waals surface area contributed by atoms with Gasteiger partial charge in [0.05, 0.1) is 18.7 Å². The first kappa shape index (κ1) is 15.3. The Morgan fingerprint density at radius 1 is 1.50 bits per heavy atom. The zero-order valence-corrected chi connectivity index (χ0v) is 12.6. The highest BCUT2D eigenvalue weighted by molar-refractivity contribution is 6.30. The Labute approximate surface area is 121 Å². The van der Waals surface area contributed by atoms with Gasteiger partial charge in [0, 0.05) is 20.1 Å². The van der Waals surface area contributed by atoms with Crippen LogP contribution in [0.4, 0.5) is 0 Å². The van der Waals surface area contributed by atoms with Crippen LogP contribution in [0, 0.1) is 0 Å². The fourth-order valence-corrected chi connectivity index (χ4v) is 2.81. The summed E-state index contributed by atoms with van der Waals surface area (Å²) in [4.78, 5) is 27.0. The number of rotatable bonds is 4. The van der Waals surface area contributed by atoms with Gasteiger partial charge in [-0.25, -0.2) is 4.79 Å². The van der Waals surface area contributed by atoms with Crippen LogP contribution in [0.2, 0.25) is 5.15 Å². The number of halogens is 1. The van der Waals surface area contributed by atoms with Crippen LogP contribution in [-0.4, -0.2) is 35.5 Å². The standard InChI is InChI=1S/C13H19ClN2O4/c1-8(2)9-10(14)15-12(18)16(11(9)17)6-13(19-3)4-5-20-7-13/h8H,4-7H2,1-3H3,(H,15,18). The van der Waals surface area contributed by atoms with Gasteiger partial charge >= 0.3 is 5.69 Å². The van der Waals surface area contributed by atoms with Gasteiger partial charge in [0.1, 0.15) is 10.8 Å². The van der Waals surface area contributed by atoms with E-state index in [2.05, 4.69) is 4.98 Å². The van der Waals surface area contributed by atoms with Crippen molar-refractivity contribution in [1.29, 1.82) is 0 Å². The normalized spacial score (nSPS) is 22.6. The summed E-state index contributed by atoms with van der Waals surface area (Å²) in [7, 11) is 1.56. The summed E-state index contributed by atoms with van der Waals surface area (Å²) in [6.45, 7) is 4.81. The number of nitrogens with one attached hydrogen (secondary N) is 1. The van der Waals surface area contributed by atoms with Gasteiger partial charge < -0.3 is 9.47 Å². The van der Waals surface area contributed by atoms with E-state index in [0.717, 1.165) is 4.57 Å². The highest BCUT2D eigenvalue weighted by Gasteiger charge is 2.36. The molecule has 0 spiro atoms. The maximum absolute atomic E-state index is 12.5. The second-order valence-electron chi connectivity index (χ2n) is 5.39. The van der Waals surface area contributed by atoms with Crippen molar-refractivity contribution in [2.24, 2.45) is 0 Å². The van der Waals surface area contributed by atoms with Crippen molar-refractivity contribution in [1.82, 2.24) is 9.55 Å². The number of aromatic nitrogens is 2. The van der Waals surface area contributed by atoms with Gasteiger partial charge in [-0.2, -0.15) is 0 Å². The minimum absolute atomic E-state index is 0.0728. The Bertz CT molecular complexity index is 599. The first-order valence-corrected chi connectivity index (χ1v) is 6.93. The number of aromatic amines is 1. The topological polar surface area (TPSA) is 73.3 Å². The summed E-state index contributed by atoms with van der Waals surface area (Å²) in [6.07, 6.45) is 0.648. The molecule has 1 saturated heterocycles. The van der Waals surface area contributed by atoms with Gasteiger partial charge in [0.2, 0.25) is 0 Å². The van der Waals surface area contributed by atoms with Crippen LogP contribution in [0.25, 0.3) is 0 Å². The summed E-state index contributed by atoms with van der Waals surface area (Å²) in [5, 5.41) is 0.111. The van der Waals surface area contributed by atoms with Crippen LogP contribution >= 0.6 is 11.6 Å². The molecule has 1 atom stereocenters. The van der Waals surface area contributed by atoms with Crippen molar-refractivity contribution in [3.05, 3.63) is 31.6 Å². The number of H-pyrrole nitrogens is 1. The molecule has 0 amide bonds. The van der Waals surface area contributed by atoms with E-state index in [9.17, 15) is 9.59 Å². The smallest absolute Gasteiger partial charge is 0.329 e. The zero-order valence-electron chi connectivity index (χ0n) is 11.9. The van der Waals surface area contributed by atoms with Crippen molar-refractivity contribution in [3.8, 4) is 0 Å². The molecule has 1 aromatic rings. The van der Waals surface area contributed by atoms with Crippen LogP contribution < -0.4 is 11.2 Å². The second-order valence-corrected chi connectivity index (χ2v) is 5.77. The molecule has 1 aliphatic heterocycles. The fourth-order valence-electron chi connectivity index (χ4n) is 2.43. The van der Waals surface area contributed by atoms with Gasteiger partial charge in [0.15, 0.2) is 0 Å². The number of hydrogen-bond acceptors (Lipinski definition) is 4. The molecule has 1 fully saturated rings. The van der Waals surface area contributed by atoms with Crippen LogP contribution in [0.5, 0.6) is 0 Å². The molecule has 6 nitrogen and oxygen atoms in total. The summed E-state index contributed by atoms with van der Waals surface area (Å²) >= 11 is 5.96.